The Kier molecular flexibility index (Phi) is 29.8. The number of fused-ring (bicyclic) bond motifs is 1. The lowest BCUT2D eigenvalue weighted by molar-refractivity contribution is -0.138. The molecule has 0 unspecified atom stereocenters. The Morgan fingerprint density at radius 2 is 1.07 bits per heavy atom. The minimum atomic E-state index is -1.84. The van der Waals surface area contributed by atoms with Crippen molar-refractivity contribution >= 4 is 113 Å². The second-order valence-electron chi connectivity index (χ2n) is 19.9. The maximum atomic E-state index is 14.3. The molecule has 0 aliphatic rings. The maximum absolute atomic E-state index is 14.3. The molecule has 0 fully saturated rings. The first-order valence-corrected chi connectivity index (χ1v) is 28.2. The molecular formula is C53H76N14O17S2. The number of carboxylic acids is 1. The zero-order valence-electron chi connectivity index (χ0n) is 47.3. The van der Waals surface area contributed by atoms with E-state index in [4.69, 9.17) is 17.2 Å². The van der Waals surface area contributed by atoms with Crippen molar-refractivity contribution in [2.24, 2.45) is 17.2 Å². The van der Waals surface area contributed by atoms with Crippen LogP contribution >= 0.6 is 25.3 Å². The van der Waals surface area contributed by atoms with Gasteiger partial charge < -0.3 is 95.8 Å². The minimum absolute atomic E-state index is 0.141. The summed E-state index contributed by atoms with van der Waals surface area (Å²) in [5, 5.41) is 64.8. The number of hydrogen-bond acceptors (Lipinski definition) is 19. The van der Waals surface area contributed by atoms with Crippen LogP contribution in [0.3, 0.4) is 0 Å². The Balaban J connectivity index is 1.89. The molecule has 472 valence electrons. The van der Waals surface area contributed by atoms with E-state index in [2.05, 4.69) is 83.4 Å². The number of phenolic OH excluding ortho intramolecular Hbond substituents is 1. The highest BCUT2D eigenvalue weighted by molar-refractivity contribution is 7.80. The van der Waals surface area contributed by atoms with Gasteiger partial charge in [0.25, 0.3) is 0 Å². The van der Waals surface area contributed by atoms with Gasteiger partial charge in [-0.25, -0.2) is 0 Å². The predicted molar refractivity (Wildman–Crippen MR) is 314 cm³/mol. The SMILES string of the molecule is CC(=O)N[C@@H](CS)C(=O)N[C@H](C(=O)N[C@@H](Cc1c[nH]c2ccccc12)C(=O)N[C@@H](CCC(=O)O)C(=O)NCC(=O)N[C@@H](CC(N)=O)C(=O)N[C@@H](CCCCN)C(=O)N[C@@H](Cc1ccc(O)cc1)C(=O)N[C@H](C(=O)N[C@@H](CS)C(N)=O)[C@@H](C)O)[C@@H](C)O. The number of phenols is 1. The molecule has 33 heteroatoms. The number of H-pyrrole nitrogens is 1. The number of thiol groups is 2. The standard InChI is InChI=1S/C53H76N14O17S2/c1-25(68)43(67-51(82)39(24-86)59-27(3)70)52(83)64-36(19-29-21-57-32-9-5-4-8-31(29)32)48(79)62-34(15-16-42(74)75)46(77)58-22-41(73)60-37(20-40(55)72)49(80)61-33(10-6-7-17-54)47(78)63-35(18-28-11-13-30(71)14-12-28)50(81)66-44(26(2)69)53(84)65-38(23-85)45(56)76/h4-5,8-9,11-14,21,25-26,33-39,43-44,57,68-69,71,85-86H,6-7,10,15-20,22-24,54H2,1-3H3,(H2,55,72)(H2,56,76)(H,58,77)(H,59,70)(H,60,73)(H,61,80)(H,62,79)(H,63,78)(H,64,83)(H,65,84)(H,66,81)(H,67,82)(H,74,75)/t25-,26-,33+,34+,35+,36+,37+,38+,39+,43+,44+/m1/s1. The molecule has 0 aliphatic heterocycles. The molecule has 1 aromatic heterocycles. The first kappa shape index (κ1) is 71.7. The number of amides is 12. The number of carbonyl (C=O) groups is 13. The van der Waals surface area contributed by atoms with Crippen LogP contribution in [0.15, 0.2) is 54.7 Å². The number of nitrogens with one attached hydrogen (secondary N) is 11. The first-order chi connectivity index (χ1) is 40.6. The summed E-state index contributed by atoms with van der Waals surface area (Å²) in [6.07, 6.45) is -4.07. The van der Waals surface area contributed by atoms with Gasteiger partial charge in [-0.3, -0.25) is 62.3 Å². The first-order valence-electron chi connectivity index (χ1n) is 27.0. The van der Waals surface area contributed by atoms with Gasteiger partial charge in [-0.1, -0.05) is 30.3 Å². The number of aromatic nitrogens is 1. The summed E-state index contributed by atoms with van der Waals surface area (Å²) in [5.74, 6) is -14.3. The Hall–Kier alpha value is -8.53. The van der Waals surface area contributed by atoms with Gasteiger partial charge in [0.05, 0.1) is 25.2 Å². The van der Waals surface area contributed by atoms with Crippen LogP contribution in [0.4, 0.5) is 0 Å². The molecular weight excluding hydrogens is 1170 g/mol. The van der Waals surface area contributed by atoms with E-state index in [9.17, 15) is 82.8 Å². The molecule has 2 aromatic carbocycles. The molecule has 86 heavy (non-hydrogen) atoms. The Labute approximate surface area is 504 Å². The van der Waals surface area contributed by atoms with Gasteiger partial charge in [-0.05, 0) is 75.4 Å². The van der Waals surface area contributed by atoms with Crippen molar-refractivity contribution in [2.75, 3.05) is 24.6 Å². The van der Waals surface area contributed by atoms with Gasteiger partial charge in [0.15, 0.2) is 0 Å². The minimum Gasteiger partial charge on any atom is -0.508 e. The summed E-state index contributed by atoms with van der Waals surface area (Å²) >= 11 is 8.05. The molecule has 3 rings (SSSR count). The third kappa shape index (κ3) is 23.9. The number of carbonyl (C=O) groups excluding carboxylic acids is 12. The summed E-state index contributed by atoms with van der Waals surface area (Å²) in [5.41, 5.74) is 17.9. The Morgan fingerprint density at radius 3 is 1.60 bits per heavy atom. The molecule has 0 spiro atoms. The summed E-state index contributed by atoms with van der Waals surface area (Å²) in [6, 6.07) is -2.01. The molecule has 31 nitrogen and oxygen atoms in total. The highest BCUT2D eigenvalue weighted by atomic mass is 32.1. The number of nitrogens with two attached hydrogens (primary N) is 3. The number of aliphatic hydroxyl groups is 2. The third-order valence-corrected chi connectivity index (χ3v) is 13.7. The Morgan fingerprint density at radius 1 is 0.570 bits per heavy atom. The molecule has 0 aliphatic carbocycles. The van der Waals surface area contributed by atoms with Gasteiger partial charge in [-0.2, -0.15) is 25.3 Å². The molecule has 11 atom stereocenters. The third-order valence-electron chi connectivity index (χ3n) is 12.9. The van der Waals surface area contributed by atoms with Crippen LogP contribution in [-0.4, -0.2) is 193 Å². The van der Waals surface area contributed by atoms with Crippen molar-refractivity contribution in [2.45, 2.75) is 139 Å². The topological polar surface area (TPSA) is 517 Å². The number of hydrogen-bond donors (Lipinski definition) is 20. The van der Waals surface area contributed by atoms with E-state index < -0.39 is 169 Å². The van der Waals surface area contributed by atoms with Crippen LogP contribution in [0.25, 0.3) is 10.9 Å². The molecule has 1 heterocycles. The summed E-state index contributed by atoms with van der Waals surface area (Å²) in [4.78, 5) is 175. The van der Waals surface area contributed by atoms with Crippen LogP contribution < -0.4 is 70.4 Å². The van der Waals surface area contributed by atoms with Crippen molar-refractivity contribution in [3.63, 3.8) is 0 Å². The van der Waals surface area contributed by atoms with Crippen LogP contribution in [-0.2, 0) is 75.2 Å². The summed E-state index contributed by atoms with van der Waals surface area (Å²) < 4.78 is 0. The second-order valence-corrected chi connectivity index (χ2v) is 20.7. The second kappa shape index (κ2) is 35.7. The van der Waals surface area contributed by atoms with E-state index >= 15 is 0 Å². The molecule has 3 aromatic rings. The largest absolute Gasteiger partial charge is 0.508 e. The van der Waals surface area contributed by atoms with Crippen LogP contribution in [0, 0.1) is 0 Å². The number of rotatable bonds is 37. The van der Waals surface area contributed by atoms with Gasteiger partial charge in [-0.15, -0.1) is 0 Å². The lowest BCUT2D eigenvalue weighted by Gasteiger charge is -2.28. The fourth-order valence-corrected chi connectivity index (χ4v) is 8.88. The molecule has 0 saturated carbocycles. The fourth-order valence-electron chi connectivity index (χ4n) is 8.36. The van der Waals surface area contributed by atoms with E-state index in [0.29, 0.717) is 28.5 Å². The number of aromatic hydroxyl groups is 1. The maximum Gasteiger partial charge on any atom is 0.303 e. The lowest BCUT2D eigenvalue weighted by Crippen LogP contribution is -2.61. The summed E-state index contributed by atoms with van der Waals surface area (Å²) in [6.45, 7) is 2.62. The van der Waals surface area contributed by atoms with Gasteiger partial charge in [0, 0.05) is 54.8 Å². The summed E-state index contributed by atoms with van der Waals surface area (Å²) in [7, 11) is 0. The average molecular weight is 1250 g/mol. The van der Waals surface area contributed by atoms with Gasteiger partial charge in [0.2, 0.25) is 70.9 Å². The zero-order chi connectivity index (χ0) is 64.4. The lowest BCUT2D eigenvalue weighted by atomic mass is 10.0. The van der Waals surface area contributed by atoms with Crippen molar-refractivity contribution in [1.82, 2.24) is 58.2 Å². The van der Waals surface area contributed by atoms with Crippen LogP contribution in [0.5, 0.6) is 5.75 Å². The fraction of sp³-hybridized carbons (Fsp3) is 0.491. The van der Waals surface area contributed by atoms with Crippen molar-refractivity contribution in [3.8, 4) is 5.75 Å². The number of para-hydroxylation sites is 1. The smallest absolute Gasteiger partial charge is 0.303 e. The predicted octanol–water partition coefficient (Wildman–Crippen LogP) is -5.87. The van der Waals surface area contributed by atoms with Gasteiger partial charge in [0.1, 0.15) is 60.1 Å². The number of carboxylic acid groups (broad SMARTS) is 1. The van der Waals surface area contributed by atoms with Crippen molar-refractivity contribution in [1.29, 1.82) is 0 Å². The van der Waals surface area contributed by atoms with Crippen molar-refractivity contribution < 1.29 is 82.8 Å². The molecule has 21 N–H and O–H groups in total. The highest BCUT2D eigenvalue weighted by Crippen LogP contribution is 2.20. The van der Waals surface area contributed by atoms with Crippen LogP contribution in [0.1, 0.15) is 70.4 Å². The van der Waals surface area contributed by atoms with Crippen LogP contribution in [0.2, 0.25) is 0 Å². The molecule has 0 saturated heterocycles. The molecule has 12 amide bonds. The van der Waals surface area contributed by atoms with Gasteiger partial charge >= 0.3 is 5.97 Å². The number of aromatic amines is 1. The average Bonchev–Trinajstić information content (AvgIpc) is 4.09. The van der Waals surface area contributed by atoms with Crippen molar-refractivity contribution in [3.05, 3.63) is 65.9 Å². The molecule has 0 radical (unpaired) electrons. The van der Waals surface area contributed by atoms with E-state index in [1.807, 2.05) is 0 Å². The molecule has 0 bridgehead atoms. The normalized spacial score (nSPS) is 14.9. The van der Waals surface area contributed by atoms with E-state index in [1.54, 1.807) is 30.5 Å². The van der Waals surface area contributed by atoms with E-state index in [-0.39, 0.29) is 49.5 Å². The van der Waals surface area contributed by atoms with E-state index in [1.165, 1.54) is 31.2 Å². The quantitative estimate of drug-likeness (QED) is 0.0189. The number of unbranched alkanes of at least 4 members (excludes halogenated alkanes) is 1. The zero-order valence-corrected chi connectivity index (χ0v) is 49.0. The number of benzene rings is 2. The number of aliphatic hydroxyl groups excluding tert-OH is 2. The number of aliphatic carboxylic acids is 1. The Bertz CT molecular complexity index is 2890. The van der Waals surface area contributed by atoms with E-state index in [0.717, 1.165) is 13.8 Å². The number of primary amides is 2. The highest BCUT2D eigenvalue weighted by Gasteiger charge is 2.37. The monoisotopic (exact) mass is 1240 g/mol.